The van der Waals surface area contributed by atoms with Crippen LogP contribution in [-0.4, -0.2) is 0 Å². The van der Waals surface area contributed by atoms with Crippen LogP contribution in [0.5, 0.6) is 0 Å². The Kier molecular flexibility index (Phi) is 3.48. The van der Waals surface area contributed by atoms with Gasteiger partial charge in [-0.05, 0) is 30.0 Å². The molecule has 2 heteroatoms. The number of halogens is 1. The first-order valence-corrected chi connectivity index (χ1v) is 4.96. The highest BCUT2D eigenvalue weighted by Crippen LogP contribution is 2.27. The molecule has 0 aliphatic carbocycles. The highest BCUT2D eigenvalue weighted by atomic mass is 35.5. The van der Waals surface area contributed by atoms with E-state index in [-0.39, 0.29) is 0 Å². The lowest BCUT2D eigenvalue weighted by molar-refractivity contribution is 0.720. The average Bonchev–Trinajstić information content (AvgIpc) is 2.03. The first-order chi connectivity index (χ1) is 5.65. The van der Waals surface area contributed by atoms with E-state index in [9.17, 15) is 0 Å². The molecular weight excluding hydrogens is 188 g/mol. The predicted octanol–water partition coefficient (Wildman–Crippen LogP) is 4.14. The maximum absolute atomic E-state index is 5.82. The number of hydrogen-bond acceptors (Lipinski definition) is 1. The van der Waals surface area contributed by atoms with Gasteiger partial charge in [0.05, 0.1) is 0 Å². The van der Waals surface area contributed by atoms with Crippen molar-refractivity contribution in [1.82, 2.24) is 0 Å². The van der Waals surface area contributed by atoms with Crippen molar-refractivity contribution >= 4 is 24.2 Å². The maximum atomic E-state index is 5.82. The molecule has 1 aromatic rings. The van der Waals surface area contributed by atoms with E-state index in [0.29, 0.717) is 5.92 Å². The van der Waals surface area contributed by atoms with E-state index in [4.69, 9.17) is 11.6 Å². The summed E-state index contributed by atoms with van der Waals surface area (Å²) in [5.74, 6) is 0.565. The van der Waals surface area contributed by atoms with Crippen molar-refractivity contribution in [2.24, 2.45) is 0 Å². The fraction of sp³-hybridized carbons (Fsp3) is 0.400. The quantitative estimate of drug-likeness (QED) is 0.682. The molecule has 0 saturated heterocycles. The van der Waals surface area contributed by atoms with Gasteiger partial charge in [0.2, 0.25) is 0 Å². The molecule has 1 atom stereocenters. The van der Waals surface area contributed by atoms with Crippen LogP contribution in [-0.2, 0) is 0 Å². The van der Waals surface area contributed by atoms with E-state index in [0.717, 1.165) is 16.3 Å². The summed E-state index contributed by atoms with van der Waals surface area (Å²) in [6, 6.07) is 5.87. The van der Waals surface area contributed by atoms with E-state index in [1.54, 1.807) is 0 Å². The molecule has 0 amide bonds. The van der Waals surface area contributed by atoms with Crippen LogP contribution in [0.1, 0.15) is 31.7 Å². The van der Waals surface area contributed by atoms with E-state index in [2.05, 4.69) is 32.5 Å². The molecule has 0 nitrogen and oxygen atoms in total. The third-order valence-electron chi connectivity index (χ3n) is 2.14. The van der Waals surface area contributed by atoms with Crippen LogP contribution in [0.15, 0.2) is 23.1 Å². The SMILES string of the molecule is CCC(C)c1ccc(Cl)cc1S. The maximum Gasteiger partial charge on any atom is 0.0417 e. The molecule has 12 heavy (non-hydrogen) atoms. The second kappa shape index (κ2) is 4.20. The molecule has 0 fully saturated rings. The van der Waals surface area contributed by atoms with Crippen molar-refractivity contribution in [1.29, 1.82) is 0 Å². The molecule has 0 heterocycles. The lowest BCUT2D eigenvalue weighted by atomic mass is 9.99. The van der Waals surface area contributed by atoms with Crippen LogP contribution in [0.25, 0.3) is 0 Å². The highest BCUT2D eigenvalue weighted by molar-refractivity contribution is 7.80. The lowest BCUT2D eigenvalue weighted by Gasteiger charge is -2.11. The molecule has 0 bridgehead atoms. The Hall–Kier alpha value is -0.140. The summed E-state index contributed by atoms with van der Waals surface area (Å²) in [5, 5.41) is 0.757. The lowest BCUT2D eigenvalue weighted by Crippen LogP contribution is -1.92. The van der Waals surface area contributed by atoms with Gasteiger partial charge in [-0.3, -0.25) is 0 Å². The minimum Gasteiger partial charge on any atom is -0.143 e. The van der Waals surface area contributed by atoms with Crippen LogP contribution in [0.3, 0.4) is 0 Å². The first kappa shape index (κ1) is 9.94. The van der Waals surface area contributed by atoms with Gasteiger partial charge in [-0.15, -0.1) is 12.6 Å². The zero-order valence-electron chi connectivity index (χ0n) is 7.34. The van der Waals surface area contributed by atoms with Gasteiger partial charge in [-0.1, -0.05) is 31.5 Å². The Balaban J connectivity index is 3.01. The summed E-state index contributed by atoms with van der Waals surface area (Å²) < 4.78 is 0. The van der Waals surface area contributed by atoms with Crippen LogP contribution in [0, 0.1) is 0 Å². The highest BCUT2D eigenvalue weighted by Gasteiger charge is 2.06. The van der Waals surface area contributed by atoms with E-state index >= 15 is 0 Å². The fourth-order valence-electron chi connectivity index (χ4n) is 1.15. The summed E-state index contributed by atoms with van der Waals surface area (Å²) in [6.45, 7) is 4.37. The molecule has 0 saturated carbocycles. The Morgan fingerprint density at radius 2 is 2.17 bits per heavy atom. The number of thiol groups is 1. The summed E-state index contributed by atoms with van der Waals surface area (Å²) in [6.07, 6.45) is 1.13. The van der Waals surface area contributed by atoms with Crippen LogP contribution >= 0.6 is 24.2 Å². The molecule has 66 valence electrons. The van der Waals surface area contributed by atoms with Gasteiger partial charge in [-0.25, -0.2) is 0 Å². The molecule has 0 N–H and O–H groups in total. The average molecular weight is 201 g/mol. The smallest absolute Gasteiger partial charge is 0.0417 e. The van der Waals surface area contributed by atoms with Crippen LogP contribution in [0.2, 0.25) is 5.02 Å². The van der Waals surface area contributed by atoms with Crippen molar-refractivity contribution in [3.8, 4) is 0 Å². The van der Waals surface area contributed by atoms with Gasteiger partial charge in [0, 0.05) is 9.92 Å². The molecule has 1 rings (SSSR count). The topological polar surface area (TPSA) is 0 Å². The van der Waals surface area contributed by atoms with Crippen molar-refractivity contribution in [3.05, 3.63) is 28.8 Å². The van der Waals surface area contributed by atoms with Crippen molar-refractivity contribution in [2.75, 3.05) is 0 Å². The Morgan fingerprint density at radius 3 is 2.67 bits per heavy atom. The normalized spacial score (nSPS) is 13.0. The summed E-state index contributed by atoms with van der Waals surface area (Å²) in [5.41, 5.74) is 1.28. The Labute approximate surface area is 84.3 Å². The van der Waals surface area contributed by atoms with Crippen molar-refractivity contribution in [3.63, 3.8) is 0 Å². The standard InChI is InChI=1S/C10H13ClS/c1-3-7(2)9-5-4-8(11)6-10(9)12/h4-7,12H,3H2,1-2H3. The number of benzene rings is 1. The minimum absolute atomic E-state index is 0.565. The van der Waals surface area contributed by atoms with E-state index < -0.39 is 0 Å². The molecule has 0 radical (unpaired) electrons. The third-order valence-corrected chi connectivity index (χ3v) is 2.76. The Morgan fingerprint density at radius 1 is 1.50 bits per heavy atom. The van der Waals surface area contributed by atoms with Gasteiger partial charge in [0.15, 0.2) is 0 Å². The molecule has 0 aliphatic heterocycles. The van der Waals surface area contributed by atoms with Gasteiger partial charge in [-0.2, -0.15) is 0 Å². The zero-order chi connectivity index (χ0) is 9.14. The van der Waals surface area contributed by atoms with Gasteiger partial charge in [0.25, 0.3) is 0 Å². The largest absolute Gasteiger partial charge is 0.143 e. The number of hydrogen-bond donors (Lipinski definition) is 1. The number of rotatable bonds is 2. The Bertz CT molecular complexity index is 271. The predicted molar refractivity (Wildman–Crippen MR) is 57.4 cm³/mol. The summed E-state index contributed by atoms with van der Waals surface area (Å²) >= 11 is 10.2. The molecule has 0 spiro atoms. The molecular formula is C10H13ClS. The molecule has 1 unspecified atom stereocenters. The van der Waals surface area contributed by atoms with E-state index in [1.165, 1.54) is 5.56 Å². The molecule has 0 aromatic heterocycles. The van der Waals surface area contributed by atoms with Gasteiger partial charge >= 0.3 is 0 Å². The van der Waals surface area contributed by atoms with Crippen LogP contribution < -0.4 is 0 Å². The van der Waals surface area contributed by atoms with Crippen molar-refractivity contribution < 1.29 is 0 Å². The van der Waals surface area contributed by atoms with Gasteiger partial charge < -0.3 is 0 Å². The summed E-state index contributed by atoms with van der Waals surface area (Å²) in [4.78, 5) is 0.997. The molecule has 1 aromatic carbocycles. The second-order valence-corrected chi connectivity index (χ2v) is 3.93. The van der Waals surface area contributed by atoms with Gasteiger partial charge in [0.1, 0.15) is 0 Å². The summed E-state index contributed by atoms with van der Waals surface area (Å²) in [7, 11) is 0. The minimum atomic E-state index is 0.565. The van der Waals surface area contributed by atoms with E-state index in [1.807, 2.05) is 12.1 Å². The zero-order valence-corrected chi connectivity index (χ0v) is 8.99. The van der Waals surface area contributed by atoms with Crippen molar-refractivity contribution in [2.45, 2.75) is 31.1 Å². The molecule has 0 aliphatic rings. The van der Waals surface area contributed by atoms with Crippen LogP contribution in [0.4, 0.5) is 0 Å². The monoisotopic (exact) mass is 200 g/mol. The first-order valence-electron chi connectivity index (χ1n) is 4.13. The second-order valence-electron chi connectivity index (χ2n) is 3.01. The fourth-order valence-corrected chi connectivity index (χ4v) is 1.84. The third kappa shape index (κ3) is 2.18.